The standard InChI is InChI=1S/C22H31N3O4/c1-14(24-4-6-25(7-5-24)21(27)18-3-2-8-29-18)20(26)23-19-16-9-15-10-17(19)13-22(28,11-15)12-16/h2-3,8,14-17,19,28H,4-7,9-13H2,1H3,(H,23,26). The average molecular weight is 402 g/mol. The Morgan fingerprint density at radius 2 is 1.86 bits per heavy atom. The first kappa shape index (κ1) is 19.1. The molecule has 158 valence electrons. The van der Waals surface area contributed by atoms with E-state index in [0.29, 0.717) is 49.7 Å². The molecule has 4 saturated carbocycles. The van der Waals surface area contributed by atoms with Crippen molar-refractivity contribution in [3.8, 4) is 0 Å². The molecule has 5 aliphatic rings. The number of aliphatic hydroxyl groups is 1. The van der Waals surface area contributed by atoms with E-state index in [9.17, 15) is 14.7 Å². The Labute approximate surface area is 171 Å². The molecule has 7 heteroatoms. The van der Waals surface area contributed by atoms with Gasteiger partial charge in [0.1, 0.15) is 0 Å². The van der Waals surface area contributed by atoms with Gasteiger partial charge in [0.05, 0.1) is 17.9 Å². The Bertz CT molecular complexity index is 755. The quantitative estimate of drug-likeness (QED) is 0.798. The van der Waals surface area contributed by atoms with Gasteiger partial charge < -0.3 is 19.7 Å². The lowest BCUT2D eigenvalue weighted by Gasteiger charge is -2.58. The van der Waals surface area contributed by atoms with Crippen LogP contribution in [0.1, 0.15) is 49.6 Å². The van der Waals surface area contributed by atoms with E-state index in [1.54, 1.807) is 17.0 Å². The van der Waals surface area contributed by atoms with Crippen molar-refractivity contribution in [1.82, 2.24) is 15.1 Å². The molecule has 0 aromatic carbocycles. The molecule has 3 unspecified atom stereocenters. The molecule has 4 bridgehead atoms. The first-order valence-electron chi connectivity index (χ1n) is 11.0. The van der Waals surface area contributed by atoms with Crippen LogP contribution >= 0.6 is 0 Å². The molecular formula is C22H31N3O4. The first-order valence-corrected chi connectivity index (χ1v) is 11.0. The smallest absolute Gasteiger partial charge is 0.289 e. The van der Waals surface area contributed by atoms with Gasteiger partial charge in [-0.25, -0.2) is 0 Å². The highest BCUT2D eigenvalue weighted by molar-refractivity contribution is 5.91. The Kier molecular flexibility index (Phi) is 4.70. The summed E-state index contributed by atoms with van der Waals surface area (Å²) in [5, 5.41) is 14.1. The number of carbonyl (C=O) groups is 2. The fourth-order valence-corrected chi connectivity index (χ4v) is 6.54. The van der Waals surface area contributed by atoms with Crippen LogP contribution in [0.2, 0.25) is 0 Å². The Morgan fingerprint density at radius 1 is 1.17 bits per heavy atom. The van der Waals surface area contributed by atoms with Gasteiger partial charge in [-0.3, -0.25) is 14.5 Å². The summed E-state index contributed by atoms with van der Waals surface area (Å²) in [6, 6.07) is 3.41. The summed E-state index contributed by atoms with van der Waals surface area (Å²) < 4.78 is 5.21. The van der Waals surface area contributed by atoms with Crippen molar-refractivity contribution in [2.24, 2.45) is 17.8 Å². The molecule has 2 heterocycles. The summed E-state index contributed by atoms with van der Waals surface area (Å²) in [6.45, 7) is 4.52. The Morgan fingerprint density at radius 3 is 2.45 bits per heavy atom. The second-order valence-corrected chi connectivity index (χ2v) is 9.71. The number of nitrogens with zero attached hydrogens (tertiary/aromatic N) is 2. The maximum Gasteiger partial charge on any atom is 0.289 e. The summed E-state index contributed by atoms with van der Waals surface area (Å²) in [6.07, 6.45) is 6.44. The van der Waals surface area contributed by atoms with Gasteiger partial charge in [0.15, 0.2) is 5.76 Å². The van der Waals surface area contributed by atoms with Crippen LogP contribution in [0.3, 0.4) is 0 Å². The van der Waals surface area contributed by atoms with Gasteiger partial charge in [0.2, 0.25) is 5.91 Å². The zero-order valence-electron chi connectivity index (χ0n) is 17.0. The molecule has 2 amide bonds. The summed E-state index contributed by atoms with van der Waals surface area (Å²) in [7, 11) is 0. The molecule has 1 aromatic rings. The monoisotopic (exact) mass is 401 g/mol. The van der Waals surface area contributed by atoms with Crippen molar-refractivity contribution in [1.29, 1.82) is 0 Å². The van der Waals surface area contributed by atoms with E-state index in [2.05, 4.69) is 10.2 Å². The highest BCUT2D eigenvalue weighted by Gasteiger charge is 2.55. The SMILES string of the molecule is CC(C(=O)NC1C2CC3CC1CC(O)(C3)C2)N1CCN(C(=O)c2ccco2)CC1. The van der Waals surface area contributed by atoms with Crippen LogP contribution in [0, 0.1) is 17.8 Å². The molecule has 5 fully saturated rings. The van der Waals surface area contributed by atoms with Gasteiger partial charge in [0, 0.05) is 32.2 Å². The summed E-state index contributed by atoms with van der Waals surface area (Å²) >= 11 is 0. The van der Waals surface area contributed by atoms with E-state index in [-0.39, 0.29) is 23.9 Å². The predicted molar refractivity (Wildman–Crippen MR) is 106 cm³/mol. The van der Waals surface area contributed by atoms with E-state index in [0.717, 1.165) is 32.1 Å². The van der Waals surface area contributed by atoms with Crippen molar-refractivity contribution >= 4 is 11.8 Å². The number of amides is 2. The minimum Gasteiger partial charge on any atom is -0.459 e. The number of carbonyl (C=O) groups excluding carboxylic acids is 2. The molecule has 0 spiro atoms. The van der Waals surface area contributed by atoms with E-state index in [4.69, 9.17) is 4.42 Å². The van der Waals surface area contributed by atoms with Crippen LogP contribution < -0.4 is 5.32 Å². The van der Waals surface area contributed by atoms with Crippen molar-refractivity contribution in [2.45, 2.75) is 56.7 Å². The molecule has 3 atom stereocenters. The molecule has 4 aliphatic carbocycles. The van der Waals surface area contributed by atoms with Gasteiger partial charge >= 0.3 is 0 Å². The van der Waals surface area contributed by atoms with Crippen LogP contribution in [0.15, 0.2) is 22.8 Å². The van der Waals surface area contributed by atoms with Gasteiger partial charge in [-0.05, 0) is 68.9 Å². The molecule has 1 aromatic heterocycles. The average Bonchev–Trinajstić information content (AvgIpc) is 3.23. The maximum atomic E-state index is 13.0. The number of furan rings is 1. The number of hydrogen-bond acceptors (Lipinski definition) is 5. The van der Waals surface area contributed by atoms with Crippen LogP contribution in [-0.4, -0.2) is 70.6 Å². The summed E-state index contributed by atoms with van der Waals surface area (Å²) in [5.74, 6) is 1.85. The second-order valence-electron chi connectivity index (χ2n) is 9.71. The molecule has 1 saturated heterocycles. The van der Waals surface area contributed by atoms with Gasteiger partial charge in [-0.2, -0.15) is 0 Å². The fourth-order valence-electron chi connectivity index (χ4n) is 6.54. The number of nitrogens with one attached hydrogen (secondary N) is 1. The zero-order chi connectivity index (χ0) is 20.2. The lowest BCUT2D eigenvalue weighted by Crippen LogP contribution is -2.63. The zero-order valence-corrected chi connectivity index (χ0v) is 17.0. The Balaban J connectivity index is 1.15. The van der Waals surface area contributed by atoms with E-state index in [1.165, 1.54) is 6.26 Å². The largest absolute Gasteiger partial charge is 0.459 e. The van der Waals surface area contributed by atoms with Crippen molar-refractivity contribution in [3.05, 3.63) is 24.2 Å². The maximum absolute atomic E-state index is 13.0. The molecule has 7 nitrogen and oxygen atoms in total. The van der Waals surface area contributed by atoms with Crippen molar-refractivity contribution in [2.75, 3.05) is 26.2 Å². The van der Waals surface area contributed by atoms with Crippen LogP contribution in [-0.2, 0) is 4.79 Å². The first-order chi connectivity index (χ1) is 13.9. The molecule has 0 radical (unpaired) electrons. The van der Waals surface area contributed by atoms with Crippen molar-refractivity contribution < 1.29 is 19.1 Å². The van der Waals surface area contributed by atoms with E-state index >= 15 is 0 Å². The third kappa shape index (κ3) is 3.48. The van der Waals surface area contributed by atoms with Crippen LogP contribution in [0.5, 0.6) is 0 Å². The van der Waals surface area contributed by atoms with Gasteiger partial charge in [-0.1, -0.05) is 0 Å². The number of rotatable bonds is 4. The molecule has 1 aliphatic heterocycles. The number of hydrogen-bond donors (Lipinski definition) is 2. The topological polar surface area (TPSA) is 86.0 Å². The highest BCUT2D eigenvalue weighted by atomic mass is 16.3. The minimum absolute atomic E-state index is 0.0836. The molecule has 29 heavy (non-hydrogen) atoms. The molecular weight excluding hydrogens is 370 g/mol. The third-order valence-electron chi connectivity index (χ3n) is 7.81. The lowest BCUT2D eigenvalue weighted by molar-refractivity contribution is -0.148. The molecule has 2 N–H and O–H groups in total. The normalized spacial score (nSPS) is 37.5. The lowest BCUT2D eigenvalue weighted by atomic mass is 9.52. The van der Waals surface area contributed by atoms with Crippen LogP contribution in [0.25, 0.3) is 0 Å². The highest BCUT2D eigenvalue weighted by Crippen LogP contribution is 2.55. The molecule has 6 rings (SSSR count). The second kappa shape index (κ2) is 7.13. The van der Waals surface area contributed by atoms with Gasteiger partial charge in [-0.15, -0.1) is 0 Å². The van der Waals surface area contributed by atoms with E-state index in [1.807, 2.05) is 6.92 Å². The van der Waals surface area contributed by atoms with Crippen molar-refractivity contribution in [3.63, 3.8) is 0 Å². The predicted octanol–water partition coefficient (Wildman–Crippen LogP) is 1.48. The van der Waals surface area contributed by atoms with E-state index < -0.39 is 5.60 Å². The van der Waals surface area contributed by atoms with Crippen LogP contribution in [0.4, 0.5) is 0 Å². The minimum atomic E-state index is -0.472. The van der Waals surface area contributed by atoms with Gasteiger partial charge in [0.25, 0.3) is 5.91 Å². The summed E-state index contributed by atoms with van der Waals surface area (Å²) in [5.41, 5.74) is -0.472. The third-order valence-corrected chi connectivity index (χ3v) is 7.81. The Hall–Kier alpha value is -1.86. The number of piperazine rings is 1. The summed E-state index contributed by atoms with van der Waals surface area (Å²) in [4.78, 5) is 29.4. The fraction of sp³-hybridized carbons (Fsp3) is 0.727.